The van der Waals surface area contributed by atoms with E-state index in [1.54, 1.807) is 22.7 Å². The van der Waals surface area contributed by atoms with Crippen molar-refractivity contribution in [2.75, 3.05) is 5.01 Å². The van der Waals surface area contributed by atoms with Crippen LogP contribution >= 0.6 is 34.3 Å². The van der Waals surface area contributed by atoms with Gasteiger partial charge in [0.15, 0.2) is 0 Å². The first-order valence-corrected chi connectivity index (χ1v) is 9.24. The first-order chi connectivity index (χ1) is 10.8. The number of hydrazone groups is 1. The Labute approximate surface area is 142 Å². The number of thiophene rings is 2. The highest BCUT2D eigenvalue weighted by atomic mass is 35.5. The molecular formula is C17H13ClN2S2. The van der Waals surface area contributed by atoms with Gasteiger partial charge in [0.05, 0.1) is 17.4 Å². The third-order valence-corrected chi connectivity index (χ3v) is 5.42. The first-order valence-electron chi connectivity index (χ1n) is 6.98. The minimum Gasteiger partial charge on any atom is -0.257 e. The molecule has 0 fully saturated rings. The maximum Gasteiger partial charge on any atom is 0.0839 e. The first kappa shape index (κ1) is 14.0. The van der Waals surface area contributed by atoms with Gasteiger partial charge in [0.1, 0.15) is 0 Å². The Morgan fingerprint density at radius 2 is 1.77 bits per heavy atom. The molecule has 110 valence electrons. The molecule has 1 aromatic carbocycles. The standard InChI is InChI=1S/C17H13ClN2S2/c18-14-1-3-15(4-2-14)20-17(13-6-8-22-11-13)9-16(19-20)12-5-7-21-10-12/h1-8,10-11,17H,9H2. The largest absolute Gasteiger partial charge is 0.257 e. The molecular weight excluding hydrogens is 332 g/mol. The van der Waals surface area contributed by atoms with Crippen LogP contribution in [0.15, 0.2) is 63.0 Å². The van der Waals surface area contributed by atoms with Crippen molar-refractivity contribution >= 4 is 45.7 Å². The fourth-order valence-electron chi connectivity index (χ4n) is 2.67. The molecule has 0 saturated carbocycles. The third kappa shape index (κ3) is 2.58. The van der Waals surface area contributed by atoms with Crippen LogP contribution in [0.2, 0.25) is 5.02 Å². The molecule has 1 unspecified atom stereocenters. The Bertz CT molecular complexity index is 777. The van der Waals surface area contributed by atoms with Crippen molar-refractivity contribution in [3.63, 3.8) is 0 Å². The average Bonchev–Trinajstić information content (AvgIpc) is 3.27. The second-order valence-electron chi connectivity index (χ2n) is 5.16. The summed E-state index contributed by atoms with van der Waals surface area (Å²) in [5, 5.41) is 16.3. The second-order valence-corrected chi connectivity index (χ2v) is 7.15. The summed E-state index contributed by atoms with van der Waals surface area (Å²) >= 11 is 9.45. The maximum atomic E-state index is 6.01. The van der Waals surface area contributed by atoms with Gasteiger partial charge in [0, 0.05) is 17.0 Å². The SMILES string of the molecule is Clc1ccc(N2N=C(c3ccsc3)CC2c2ccsc2)cc1. The number of rotatable bonds is 3. The molecule has 1 aliphatic rings. The maximum absolute atomic E-state index is 6.01. The van der Waals surface area contributed by atoms with Gasteiger partial charge in [-0.15, -0.1) is 0 Å². The van der Waals surface area contributed by atoms with Crippen LogP contribution in [0.5, 0.6) is 0 Å². The molecule has 22 heavy (non-hydrogen) atoms. The van der Waals surface area contributed by atoms with E-state index >= 15 is 0 Å². The summed E-state index contributed by atoms with van der Waals surface area (Å²) in [5.41, 5.74) is 4.76. The van der Waals surface area contributed by atoms with Crippen LogP contribution in [0.4, 0.5) is 5.69 Å². The van der Waals surface area contributed by atoms with Gasteiger partial charge in [-0.25, -0.2) is 0 Å². The summed E-state index contributed by atoms with van der Waals surface area (Å²) in [6.07, 6.45) is 0.927. The van der Waals surface area contributed by atoms with Crippen molar-refractivity contribution in [3.8, 4) is 0 Å². The highest BCUT2D eigenvalue weighted by Crippen LogP contribution is 2.37. The predicted molar refractivity (Wildman–Crippen MR) is 96.5 cm³/mol. The van der Waals surface area contributed by atoms with Gasteiger partial charge in [0.2, 0.25) is 0 Å². The predicted octanol–water partition coefficient (Wildman–Crippen LogP) is 5.82. The summed E-state index contributed by atoms with van der Waals surface area (Å²) in [5.74, 6) is 0. The Balaban J connectivity index is 1.74. The zero-order valence-electron chi connectivity index (χ0n) is 11.6. The van der Waals surface area contributed by atoms with Crippen LogP contribution in [0.1, 0.15) is 23.6 Å². The summed E-state index contributed by atoms with van der Waals surface area (Å²) in [6.45, 7) is 0. The highest BCUT2D eigenvalue weighted by Gasteiger charge is 2.30. The summed E-state index contributed by atoms with van der Waals surface area (Å²) in [4.78, 5) is 0. The number of anilines is 1. The summed E-state index contributed by atoms with van der Waals surface area (Å²) in [6, 6.07) is 12.5. The molecule has 0 bridgehead atoms. The van der Waals surface area contributed by atoms with Crippen molar-refractivity contribution in [1.82, 2.24) is 0 Å². The molecule has 2 nitrogen and oxygen atoms in total. The number of nitrogens with zero attached hydrogens (tertiary/aromatic N) is 2. The number of hydrogen-bond donors (Lipinski definition) is 0. The van der Waals surface area contributed by atoms with Crippen LogP contribution in [0, 0.1) is 0 Å². The van der Waals surface area contributed by atoms with E-state index in [2.05, 4.69) is 38.7 Å². The third-order valence-electron chi connectivity index (χ3n) is 3.78. The van der Waals surface area contributed by atoms with Gasteiger partial charge in [0.25, 0.3) is 0 Å². The lowest BCUT2D eigenvalue weighted by Crippen LogP contribution is -2.17. The minimum absolute atomic E-state index is 0.252. The molecule has 0 radical (unpaired) electrons. The van der Waals surface area contributed by atoms with E-state index in [0.717, 1.165) is 22.8 Å². The molecule has 1 atom stereocenters. The molecule has 0 amide bonds. The van der Waals surface area contributed by atoms with Crippen molar-refractivity contribution in [3.05, 3.63) is 74.1 Å². The van der Waals surface area contributed by atoms with E-state index in [1.807, 2.05) is 24.3 Å². The molecule has 2 aromatic heterocycles. The molecule has 0 spiro atoms. The van der Waals surface area contributed by atoms with Gasteiger partial charge < -0.3 is 0 Å². The Morgan fingerprint density at radius 3 is 2.45 bits per heavy atom. The fraction of sp³-hybridized carbons (Fsp3) is 0.118. The number of hydrogen-bond acceptors (Lipinski definition) is 4. The van der Waals surface area contributed by atoms with Gasteiger partial charge in [-0.3, -0.25) is 5.01 Å². The molecule has 0 aliphatic carbocycles. The van der Waals surface area contributed by atoms with Crippen LogP contribution in [0.25, 0.3) is 0 Å². The van der Waals surface area contributed by atoms with Crippen molar-refractivity contribution in [2.45, 2.75) is 12.5 Å². The normalized spacial score (nSPS) is 17.8. The average molecular weight is 345 g/mol. The van der Waals surface area contributed by atoms with E-state index in [-0.39, 0.29) is 6.04 Å². The van der Waals surface area contributed by atoms with E-state index in [0.29, 0.717) is 0 Å². The van der Waals surface area contributed by atoms with Crippen LogP contribution in [-0.2, 0) is 0 Å². The van der Waals surface area contributed by atoms with Gasteiger partial charge in [-0.2, -0.15) is 27.8 Å². The highest BCUT2D eigenvalue weighted by molar-refractivity contribution is 7.08. The van der Waals surface area contributed by atoms with E-state index in [9.17, 15) is 0 Å². The van der Waals surface area contributed by atoms with Crippen molar-refractivity contribution < 1.29 is 0 Å². The quantitative estimate of drug-likeness (QED) is 0.584. The van der Waals surface area contributed by atoms with E-state index < -0.39 is 0 Å². The summed E-state index contributed by atoms with van der Waals surface area (Å²) < 4.78 is 0. The fourth-order valence-corrected chi connectivity index (χ4v) is 4.17. The van der Waals surface area contributed by atoms with Crippen molar-refractivity contribution in [2.24, 2.45) is 5.10 Å². The van der Waals surface area contributed by atoms with Crippen molar-refractivity contribution in [1.29, 1.82) is 0 Å². The van der Waals surface area contributed by atoms with Gasteiger partial charge in [-0.1, -0.05) is 11.6 Å². The molecule has 0 saturated heterocycles. The van der Waals surface area contributed by atoms with E-state index in [4.69, 9.17) is 16.7 Å². The smallest absolute Gasteiger partial charge is 0.0839 e. The van der Waals surface area contributed by atoms with Gasteiger partial charge >= 0.3 is 0 Å². The zero-order chi connectivity index (χ0) is 14.9. The lowest BCUT2D eigenvalue weighted by Gasteiger charge is -2.23. The van der Waals surface area contributed by atoms with Crippen LogP contribution < -0.4 is 5.01 Å². The van der Waals surface area contributed by atoms with Crippen LogP contribution in [-0.4, -0.2) is 5.71 Å². The monoisotopic (exact) mass is 344 g/mol. The second kappa shape index (κ2) is 5.88. The number of benzene rings is 1. The topological polar surface area (TPSA) is 15.6 Å². The molecule has 5 heteroatoms. The molecule has 3 heterocycles. The van der Waals surface area contributed by atoms with E-state index in [1.165, 1.54) is 11.1 Å². The molecule has 4 rings (SSSR count). The summed E-state index contributed by atoms with van der Waals surface area (Å²) in [7, 11) is 0. The Kier molecular flexibility index (Phi) is 3.74. The Morgan fingerprint density at radius 1 is 1.00 bits per heavy atom. The van der Waals surface area contributed by atoms with Gasteiger partial charge in [-0.05, 0) is 63.5 Å². The molecule has 1 aliphatic heterocycles. The lowest BCUT2D eigenvalue weighted by molar-refractivity contribution is 0.712. The number of halogens is 1. The minimum atomic E-state index is 0.252. The Hall–Kier alpha value is -1.62. The van der Waals surface area contributed by atoms with Crippen LogP contribution in [0.3, 0.4) is 0 Å². The lowest BCUT2D eigenvalue weighted by atomic mass is 10.0. The molecule has 0 N–H and O–H groups in total. The zero-order valence-corrected chi connectivity index (χ0v) is 14.0. The molecule has 3 aromatic rings.